The Bertz CT molecular complexity index is 484. The van der Waals surface area contributed by atoms with Crippen molar-refractivity contribution >= 4 is 23.3 Å². The average Bonchev–Trinajstić information content (AvgIpc) is 2.49. The molecule has 2 N–H and O–H groups in total. The summed E-state index contributed by atoms with van der Waals surface area (Å²) in [5.41, 5.74) is 1.77. The third-order valence-corrected chi connectivity index (χ3v) is 4.53. The third kappa shape index (κ3) is 4.61. The normalized spacial score (nSPS) is 16.0. The summed E-state index contributed by atoms with van der Waals surface area (Å²) in [6, 6.07) is 5.58. The second-order valence-corrected chi connectivity index (χ2v) is 6.12. The molecule has 0 aliphatic carbocycles. The predicted octanol–water partition coefficient (Wildman–Crippen LogP) is 3.50. The number of rotatable bonds is 4. The van der Waals surface area contributed by atoms with Crippen molar-refractivity contribution in [3.8, 4) is 0 Å². The number of halogens is 1. The first-order valence-electron chi connectivity index (χ1n) is 7.57. The van der Waals surface area contributed by atoms with Gasteiger partial charge in [-0.2, -0.15) is 0 Å². The first-order chi connectivity index (χ1) is 10.1. The van der Waals surface area contributed by atoms with Gasteiger partial charge in [0.1, 0.15) is 0 Å². The lowest BCUT2D eigenvalue weighted by molar-refractivity contribution is 0.180. The summed E-state index contributed by atoms with van der Waals surface area (Å²) in [6.45, 7) is 4.67. The van der Waals surface area contributed by atoms with Crippen molar-refractivity contribution in [1.82, 2.24) is 10.2 Å². The molecule has 0 spiro atoms. The van der Waals surface area contributed by atoms with Crippen molar-refractivity contribution < 1.29 is 4.79 Å². The molecule has 116 valence electrons. The molecule has 2 amide bonds. The van der Waals surface area contributed by atoms with Crippen LogP contribution in [0.5, 0.6) is 0 Å². The highest BCUT2D eigenvalue weighted by Crippen LogP contribution is 2.22. The maximum absolute atomic E-state index is 12.2. The molecular formula is C16H24ClN3O. The minimum absolute atomic E-state index is 0.0259. The zero-order valence-electron chi connectivity index (χ0n) is 12.8. The molecule has 0 unspecified atom stereocenters. The van der Waals surface area contributed by atoms with Crippen LogP contribution >= 0.6 is 11.6 Å². The van der Waals surface area contributed by atoms with Crippen LogP contribution in [0.25, 0.3) is 0 Å². The Morgan fingerprint density at radius 3 is 2.71 bits per heavy atom. The molecule has 5 heteroatoms. The number of benzene rings is 1. The average molecular weight is 310 g/mol. The zero-order chi connectivity index (χ0) is 15.2. The standard InChI is InChI=1S/C16H24ClN3O/c1-12-3-4-14(11-15(12)17)19-16(21)20-9-6-13(7-10-20)5-8-18-2/h3-4,11,13,18H,5-10H2,1-2H3,(H,19,21). The highest BCUT2D eigenvalue weighted by Gasteiger charge is 2.22. The summed E-state index contributed by atoms with van der Waals surface area (Å²) in [4.78, 5) is 14.1. The van der Waals surface area contributed by atoms with Crippen LogP contribution in [0.4, 0.5) is 10.5 Å². The molecular weight excluding hydrogens is 286 g/mol. The van der Waals surface area contributed by atoms with Crippen molar-refractivity contribution in [2.75, 3.05) is 32.0 Å². The molecule has 1 aromatic rings. The molecule has 2 rings (SSSR count). The lowest BCUT2D eigenvalue weighted by Crippen LogP contribution is -2.41. The Morgan fingerprint density at radius 2 is 2.10 bits per heavy atom. The van der Waals surface area contributed by atoms with Crippen LogP contribution in [-0.4, -0.2) is 37.6 Å². The first-order valence-corrected chi connectivity index (χ1v) is 7.94. The Kier molecular flexibility index (Phi) is 5.88. The van der Waals surface area contributed by atoms with Gasteiger partial charge in [0.25, 0.3) is 0 Å². The van der Waals surface area contributed by atoms with Gasteiger partial charge in [0.2, 0.25) is 0 Å². The molecule has 0 bridgehead atoms. The Balaban J connectivity index is 1.83. The van der Waals surface area contributed by atoms with Crippen molar-refractivity contribution in [1.29, 1.82) is 0 Å². The van der Waals surface area contributed by atoms with Crippen LogP contribution in [-0.2, 0) is 0 Å². The maximum atomic E-state index is 12.2. The zero-order valence-corrected chi connectivity index (χ0v) is 13.5. The SMILES string of the molecule is CNCCC1CCN(C(=O)Nc2ccc(C)c(Cl)c2)CC1. The summed E-state index contributed by atoms with van der Waals surface area (Å²) < 4.78 is 0. The Morgan fingerprint density at radius 1 is 1.38 bits per heavy atom. The molecule has 0 radical (unpaired) electrons. The van der Waals surface area contributed by atoms with Gasteiger partial charge in [-0.25, -0.2) is 4.79 Å². The first kappa shape index (κ1) is 16.1. The number of nitrogens with zero attached hydrogens (tertiary/aromatic N) is 1. The quantitative estimate of drug-likeness (QED) is 0.894. The van der Waals surface area contributed by atoms with Gasteiger partial charge in [-0.05, 0) is 63.4 Å². The molecule has 1 saturated heterocycles. The molecule has 1 aliphatic rings. The number of urea groups is 1. The van der Waals surface area contributed by atoms with Gasteiger partial charge in [0.05, 0.1) is 0 Å². The number of nitrogens with one attached hydrogen (secondary N) is 2. The molecule has 21 heavy (non-hydrogen) atoms. The summed E-state index contributed by atoms with van der Waals surface area (Å²) >= 11 is 6.08. The van der Waals surface area contributed by atoms with E-state index >= 15 is 0 Å². The van der Waals surface area contributed by atoms with E-state index in [9.17, 15) is 4.79 Å². The minimum atomic E-state index is -0.0259. The summed E-state index contributed by atoms with van der Waals surface area (Å²) in [5.74, 6) is 0.732. The van der Waals surface area contributed by atoms with E-state index in [1.807, 2.05) is 31.0 Å². The second-order valence-electron chi connectivity index (χ2n) is 5.72. The summed E-state index contributed by atoms with van der Waals surface area (Å²) in [6.07, 6.45) is 3.37. The van der Waals surface area contributed by atoms with Crippen molar-refractivity contribution in [3.05, 3.63) is 28.8 Å². The molecule has 0 aromatic heterocycles. The van der Waals surface area contributed by atoms with E-state index in [4.69, 9.17) is 11.6 Å². The van der Waals surface area contributed by atoms with Gasteiger partial charge < -0.3 is 15.5 Å². The highest BCUT2D eigenvalue weighted by atomic mass is 35.5. The number of carbonyl (C=O) groups excluding carboxylic acids is 1. The number of amides is 2. The monoisotopic (exact) mass is 309 g/mol. The number of hydrogen-bond acceptors (Lipinski definition) is 2. The van der Waals surface area contributed by atoms with E-state index in [1.165, 1.54) is 6.42 Å². The number of likely N-dealkylation sites (tertiary alicyclic amines) is 1. The molecule has 0 saturated carbocycles. The fourth-order valence-corrected chi connectivity index (χ4v) is 2.83. The van der Waals surface area contributed by atoms with Crippen LogP contribution in [0.1, 0.15) is 24.8 Å². The Hall–Kier alpha value is -1.26. The van der Waals surface area contributed by atoms with Crippen LogP contribution < -0.4 is 10.6 Å². The number of anilines is 1. The predicted molar refractivity (Wildman–Crippen MR) is 88.0 cm³/mol. The molecule has 4 nitrogen and oxygen atoms in total. The van der Waals surface area contributed by atoms with E-state index < -0.39 is 0 Å². The molecule has 0 atom stereocenters. The van der Waals surface area contributed by atoms with Crippen molar-refractivity contribution in [3.63, 3.8) is 0 Å². The van der Waals surface area contributed by atoms with Gasteiger partial charge in [0, 0.05) is 23.8 Å². The van der Waals surface area contributed by atoms with Crippen molar-refractivity contribution in [2.45, 2.75) is 26.2 Å². The highest BCUT2D eigenvalue weighted by molar-refractivity contribution is 6.31. The van der Waals surface area contributed by atoms with E-state index in [-0.39, 0.29) is 6.03 Å². The smallest absolute Gasteiger partial charge is 0.321 e. The Labute approximate surface area is 131 Å². The lowest BCUT2D eigenvalue weighted by Gasteiger charge is -2.32. The molecule has 1 aromatic carbocycles. The minimum Gasteiger partial charge on any atom is -0.325 e. The van der Waals surface area contributed by atoms with Crippen LogP contribution in [0, 0.1) is 12.8 Å². The topological polar surface area (TPSA) is 44.4 Å². The summed E-state index contributed by atoms with van der Waals surface area (Å²) in [7, 11) is 1.98. The molecule has 1 fully saturated rings. The van der Waals surface area contributed by atoms with E-state index in [0.717, 1.165) is 49.6 Å². The van der Waals surface area contributed by atoms with Gasteiger partial charge in [-0.3, -0.25) is 0 Å². The second kappa shape index (κ2) is 7.66. The van der Waals surface area contributed by atoms with E-state index in [0.29, 0.717) is 5.02 Å². The fourth-order valence-electron chi connectivity index (χ4n) is 2.65. The third-order valence-electron chi connectivity index (χ3n) is 4.13. The number of piperidine rings is 1. The van der Waals surface area contributed by atoms with Crippen LogP contribution in [0.15, 0.2) is 18.2 Å². The molecule has 1 aliphatic heterocycles. The van der Waals surface area contributed by atoms with Gasteiger partial charge in [-0.1, -0.05) is 17.7 Å². The van der Waals surface area contributed by atoms with Gasteiger partial charge in [0.15, 0.2) is 0 Å². The maximum Gasteiger partial charge on any atom is 0.321 e. The molecule has 1 heterocycles. The summed E-state index contributed by atoms with van der Waals surface area (Å²) in [5, 5.41) is 6.79. The number of hydrogen-bond donors (Lipinski definition) is 2. The van der Waals surface area contributed by atoms with E-state index in [2.05, 4.69) is 10.6 Å². The van der Waals surface area contributed by atoms with Gasteiger partial charge in [-0.15, -0.1) is 0 Å². The lowest BCUT2D eigenvalue weighted by atomic mass is 9.94. The van der Waals surface area contributed by atoms with Crippen LogP contribution in [0.2, 0.25) is 5.02 Å². The van der Waals surface area contributed by atoms with Gasteiger partial charge >= 0.3 is 6.03 Å². The van der Waals surface area contributed by atoms with Crippen LogP contribution in [0.3, 0.4) is 0 Å². The fraction of sp³-hybridized carbons (Fsp3) is 0.562. The largest absolute Gasteiger partial charge is 0.325 e. The number of aryl methyl sites for hydroxylation is 1. The van der Waals surface area contributed by atoms with E-state index in [1.54, 1.807) is 6.07 Å². The number of carbonyl (C=O) groups is 1. The van der Waals surface area contributed by atoms with Crippen molar-refractivity contribution in [2.24, 2.45) is 5.92 Å².